The van der Waals surface area contributed by atoms with Crippen LogP contribution in [0, 0.1) is 0 Å². The van der Waals surface area contributed by atoms with Crippen LogP contribution in [0.4, 0.5) is 0 Å². The van der Waals surface area contributed by atoms with E-state index in [2.05, 4.69) is 24.3 Å². The van der Waals surface area contributed by atoms with Gasteiger partial charge in [-0.05, 0) is 45.6 Å². The molecule has 0 aromatic heterocycles. The van der Waals surface area contributed by atoms with Gasteiger partial charge in [-0.3, -0.25) is 0 Å². The van der Waals surface area contributed by atoms with Crippen LogP contribution in [0.15, 0.2) is 35.2 Å². The molecule has 4 rings (SSSR count). The van der Waals surface area contributed by atoms with Gasteiger partial charge in [-0.25, -0.2) is 0 Å². The number of benzene rings is 2. The smallest absolute Gasteiger partial charge is 0.123 e. The van der Waals surface area contributed by atoms with Gasteiger partial charge in [0.15, 0.2) is 0 Å². The summed E-state index contributed by atoms with van der Waals surface area (Å²) in [5.74, 6) is 2.63. The normalized spacial score (nSPS) is 25.0. The first kappa shape index (κ1) is 11.7. The highest BCUT2D eigenvalue weighted by Crippen LogP contribution is 2.53. The Morgan fingerprint density at radius 2 is 2.11 bits per heavy atom. The van der Waals surface area contributed by atoms with Crippen LogP contribution in [0.2, 0.25) is 0 Å². The quantitative estimate of drug-likeness (QED) is 0.708. The number of phenolic OH excluding ortho intramolecular Hbond substituents is 1. The van der Waals surface area contributed by atoms with Crippen molar-refractivity contribution in [3.05, 3.63) is 46.4 Å². The number of rotatable bonds is 0. The summed E-state index contributed by atoms with van der Waals surface area (Å²) in [6.07, 6.45) is 3.21. The number of hydrogen-bond donors (Lipinski definition) is 2. The van der Waals surface area contributed by atoms with Crippen LogP contribution < -0.4 is 0 Å². The number of thioether (sulfide) groups is 1. The minimum absolute atomic E-state index is 0.0636. The standard InChI is InChI=1S/C16H14OS2/c17-13-5-4-10-2-1-3-12-15(10)11(13)8-14(18)16(12)6-7-19-9-16/h1-5,8,17-18H,6-7,9H2. The van der Waals surface area contributed by atoms with Crippen LogP contribution in [0.1, 0.15) is 17.5 Å². The second kappa shape index (κ2) is 3.97. The monoisotopic (exact) mass is 286 g/mol. The molecular weight excluding hydrogens is 272 g/mol. The molecule has 2 aliphatic rings. The number of fused-ring (bicyclic) bond motifs is 1. The lowest BCUT2D eigenvalue weighted by Gasteiger charge is -2.34. The molecule has 1 N–H and O–H groups in total. The zero-order chi connectivity index (χ0) is 13.0. The Balaban J connectivity index is 2.16. The van der Waals surface area contributed by atoms with Gasteiger partial charge in [0.1, 0.15) is 5.75 Å². The fourth-order valence-electron chi connectivity index (χ4n) is 3.33. The third-order valence-corrected chi connectivity index (χ3v) is 6.12. The summed E-state index contributed by atoms with van der Waals surface area (Å²) in [6.45, 7) is 0. The topological polar surface area (TPSA) is 20.2 Å². The Bertz CT molecular complexity index is 712. The van der Waals surface area contributed by atoms with E-state index in [0.717, 1.165) is 22.6 Å². The Morgan fingerprint density at radius 3 is 2.89 bits per heavy atom. The molecule has 96 valence electrons. The minimum atomic E-state index is 0.0636. The first-order valence-corrected chi connectivity index (χ1v) is 8.07. The zero-order valence-electron chi connectivity index (χ0n) is 10.4. The molecule has 1 aliphatic heterocycles. The summed E-state index contributed by atoms with van der Waals surface area (Å²) in [4.78, 5) is 1.10. The van der Waals surface area contributed by atoms with Crippen LogP contribution >= 0.6 is 24.4 Å². The van der Waals surface area contributed by atoms with Gasteiger partial charge in [-0.1, -0.05) is 24.3 Å². The highest BCUT2D eigenvalue weighted by molar-refractivity contribution is 7.99. The molecule has 0 bridgehead atoms. The molecule has 1 nitrogen and oxygen atoms in total. The van der Waals surface area contributed by atoms with Crippen molar-refractivity contribution in [2.45, 2.75) is 11.8 Å². The molecule has 0 amide bonds. The average molecular weight is 286 g/mol. The molecule has 19 heavy (non-hydrogen) atoms. The van der Waals surface area contributed by atoms with Gasteiger partial charge in [-0.15, -0.1) is 12.6 Å². The predicted octanol–water partition coefficient (Wildman–Crippen LogP) is 4.20. The van der Waals surface area contributed by atoms with Crippen molar-refractivity contribution in [1.82, 2.24) is 0 Å². The Morgan fingerprint density at radius 1 is 1.21 bits per heavy atom. The highest BCUT2D eigenvalue weighted by Gasteiger charge is 2.42. The molecule has 1 spiro atoms. The second-order valence-electron chi connectivity index (χ2n) is 5.32. The van der Waals surface area contributed by atoms with E-state index in [-0.39, 0.29) is 5.41 Å². The van der Waals surface area contributed by atoms with Crippen LogP contribution in [-0.2, 0) is 5.41 Å². The molecule has 1 unspecified atom stereocenters. The maximum Gasteiger partial charge on any atom is 0.123 e. The van der Waals surface area contributed by atoms with E-state index in [0.29, 0.717) is 5.75 Å². The van der Waals surface area contributed by atoms with Crippen LogP contribution in [0.3, 0.4) is 0 Å². The van der Waals surface area contributed by atoms with Crippen molar-refractivity contribution >= 4 is 41.2 Å². The second-order valence-corrected chi connectivity index (χ2v) is 6.90. The average Bonchev–Trinajstić information content (AvgIpc) is 2.90. The van der Waals surface area contributed by atoms with Gasteiger partial charge in [0.2, 0.25) is 0 Å². The molecular formula is C16H14OS2. The number of aromatic hydroxyl groups is 1. The molecule has 2 aromatic rings. The van der Waals surface area contributed by atoms with Crippen molar-refractivity contribution in [1.29, 1.82) is 0 Å². The van der Waals surface area contributed by atoms with Gasteiger partial charge in [-0.2, -0.15) is 11.8 Å². The summed E-state index contributed by atoms with van der Waals surface area (Å²) in [7, 11) is 0. The molecule has 1 saturated heterocycles. The zero-order valence-corrected chi connectivity index (χ0v) is 12.1. The Kier molecular flexibility index (Phi) is 2.45. The van der Waals surface area contributed by atoms with Gasteiger partial charge in [0.05, 0.1) is 0 Å². The van der Waals surface area contributed by atoms with E-state index >= 15 is 0 Å². The lowest BCUT2D eigenvalue weighted by Crippen LogP contribution is -2.28. The van der Waals surface area contributed by atoms with Gasteiger partial charge in [0.25, 0.3) is 0 Å². The summed E-state index contributed by atoms with van der Waals surface area (Å²) in [5.41, 5.74) is 2.34. The van der Waals surface area contributed by atoms with Gasteiger partial charge < -0.3 is 5.11 Å². The van der Waals surface area contributed by atoms with Crippen LogP contribution in [0.5, 0.6) is 5.75 Å². The van der Waals surface area contributed by atoms with Crippen molar-refractivity contribution < 1.29 is 5.11 Å². The first-order valence-electron chi connectivity index (χ1n) is 6.46. The third-order valence-electron chi connectivity index (χ3n) is 4.37. The van der Waals surface area contributed by atoms with E-state index < -0.39 is 0 Å². The Labute approximate surface area is 122 Å². The van der Waals surface area contributed by atoms with Crippen molar-refractivity contribution in [3.8, 4) is 5.75 Å². The van der Waals surface area contributed by atoms with Crippen LogP contribution in [0.25, 0.3) is 16.8 Å². The largest absolute Gasteiger partial charge is 0.507 e. The molecule has 2 aromatic carbocycles. The molecule has 0 radical (unpaired) electrons. The van der Waals surface area contributed by atoms with Gasteiger partial charge >= 0.3 is 0 Å². The number of thiol groups is 1. The maximum absolute atomic E-state index is 10.1. The summed E-state index contributed by atoms with van der Waals surface area (Å²) >= 11 is 6.75. The van der Waals surface area contributed by atoms with E-state index in [1.165, 1.54) is 22.1 Å². The van der Waals surface area contributed by atoms with E-state index in [4.69, 9.17) is 12.6 Å². The molecule has 1 atom stereocenters. The lowest BCUT2D eigenvalue weighted by atomic mass is 9.73. The molecule has 0 saturated carbocycles. The molecule has 1 aliphatic carbocycles. The van der Waals surface area contributed by atoms with E-state index in [9.17, 15) is 5.11 Å². The summed E-state index contributed by atoms with van der Waals surface area (Å²) in [6, 6.07) is 10.2. The first-order chi connectivity index (χ1) is 9.22. The van der Waals surface area contributed by atoms with Crippen molar-refractivity contribution in [2.24, 2.45) is 0 Å². The maximum atomic E-state index is 10.1. The summed E-state index contributed by atoms with van der Waals surface area (Å²) < 4.78 is 0. The minimum Gasteiger partial charge on any atom is -0.507 e. The number of phenols is 1. The molecule has 1 fully saturated rings. The highest BCUT2D eigenvalue weighted by atomic mass is 32.2. The molecule has 3 heteroatoms. The van der Waals surface area contributed by atoms with E-state index in [1.807, 2.05) is 17.8 Å². The number of allylic oxidation sites excluding steroid dienone is 1. The SMILES string of the molecule is Oc1ccc2cccc3c2c1C=C(S)C31CCSC1. The van der Waals surface area contributed by atoms with E-state index in [1.54, 1.807) is 6.07 Å². The fourth-order valence-corrected chi connectivity index (χ4v) is 5.32. The number of hydrogen-bond acceptors (Lipinski definition) is 3. The Hall–Kier alpha value is -1.06. The fraction of sp³-hybridized carbons (Fsp3) is 0.250. The lowest BCUT2D eigenvalue weighted by molar-refractivity contribution is 0.474. The molecule has 1 heterocycles. The van der Waals surface area contributed by atoms with Gasteiger partial charge in [0, 0.05) is 16.7 Å². The summed E-state index contributed by atoms with van der Waals surface area (Å²) in [5, 5.41) is 12.6. The van der Waals surface area contributed by atoms with Crippen molar-refractivity contribution in [2.75, 3.05) is 11.5 Å². The predicted molar refractivity (Wildman–Crippen MR) is 86.2 cm³/mol. The van der Waals surface area contributed by atoms with Crippen molar-refractivity contribution in [3.63, 3.8) is 0 Å². The third kappa shape index (κ3) is 1.46. The van der Waals surface area contributed by atoms with Crippen LogP contribution in [-0.4, -0.2) is 16.6 Å².